The van der Waals surface area contributed by atoms with Crippen molar-refractivity contribution in [1.29, 1.82) is 0 Å². The van der Waals surface area contributed by atoms with E-state index in [1.165, 1.54) is 10.6 Å². The van der Waals surface area contributed by atoms with Crippen LogP contribution in [0, 0.1) is 29.1 Å². The van der Waals surface area contributed by atoms with E-state index in [4.69, 9.17) is 5.73 Å². The second-order valence-corrected chi connectivity index (χ2v) is 7.65. The van der Waals surface area contributed by atoms with E-state index in [9.17, 15) is 26.7 Å². The summed E-state index contributed by atoms with van der Waals surface area (Å²) in [5.74, 6) is -10.7. The van der Waals surface area contributed by atoms with E-state index in [2.05, 4.69) is 0 Å². The van der Waals surface area contributed by atoms with Crippen LogP contribution in [-0.4, -0.2) is 10.5 Å². The number of halogens is 5. The molecule has 3 nitrogen and oxygen atoms in total. The Morgan fingerprint density at radius 2 is 1.56 bits per heavy atom. The van der Waals surface area contributed by atoms with E-state index in [0.29, 0.717) is 21.8 Å². The Labute approximate surface area is 180 Å². The standard InChI is InChI=1S/C24H19F5N2O/c1-2-3-5-12-8-9-13-17(10-12)31(16-7-4-6-14(18(13)16)24(30)32)11-15-19(25)21(27)23(29)22(28)20(15)26/h4,6-10H,2-3,5,11H2,1H3,(H2,30,32). The molecule has 0 spiro atoms. The molecule has 1 amide bonds. The minimum atomic E-state index is -2.20. The Balaban J connectivity index is 2.03. The van der Waals surface area contributed by atoms with Crippen LogP contribution in [0.2, 0.25) is 0 Å². The lowest BCUT2D eigenvalue weighted by Gasteiger charge is -2.12. The number of carbonyl (C=O) groups is 1. The summed E-state index contributed by atoms with van der Waals surface area (Å²) in [6.07, 6.45) is 2.62. The van der Waals surface area contributed by atoms with Crippen molar-refractivity contribution in [1.82, 2.24) is 4.57 Å². The van der Waals surface area contributed by atoms with Gasteiger partial charge in [-0.2, -0.15) is 0 Å². The summed E-state index contributed by atoms with van der Waals surface area (Å²) in [5, 5.41) is 1.06. The highest BCUT2D eigenvalue weighted by molar-refractivity contribution is 6.18. The lowest BCUT2D eigenvalue weighted by molar-refractivity contribution is 0.100. The smallest absolute Gasteiger partial charge is 0.249 e. The van der Waals surface area contributed by atoms with E-state index < -0.39 is 47.1 Å². The molecule has 0 radical (unpaired) electrons. The summed E-state index contributed by atoms with van der Waals surface area (Å²) in [4.78, 5) is 12.0. The average Bonchev–Trinajstić information content (AvgIpc) is 3.10. The first-order chi connectivity index (χ1) is 15.3. The first kappa shape index (κ1) is 21.8. The minimum Gasteiger partial charge on any atom is -0.366 e. The van der Waals surface area contributed by atoms with Gasteiger partial charge in [0.25, 0.3) is 0 Å². The van der Waals surface area contributed by atoms with Gasteiger partial charge in [0.15, 0.2) is 23.3 Å². The Hall–Kier alpha value is -3.42. The molecule has 0 aliphatic heterocycles. The molecule has 1 heterocycles. The largest absolute Gasteiger partial charge is 0.366 e. The highest BCUT2D eigenvalue weighted by Crippen LogP contribution is 2.34. The van der Waals surface area contributed by atoms with Gasteiger partial charge in [-0.3, -0.25) is 4.79 Å². The summed E-state index contributed by atoms with van der Waals surface area (Å²) in [6.45, 7) is 1.42. The minimum absolute atomic E-state index is 0.199. The van der Waals surface area contributed by atoms with Gasteiger partial charge in [-0.05, 0) is 36.6 Å². The van der Waals surface area contributed by atoms with Gasteiger partial charge >= 0.3 is 0 Å². The number of fused-ring (bicyclic) bond motifs is 3. The van der Waals surface area contributed by atoms with Gasteiger partial charge in [-0.1, -0.05) is 31.5 Å². The van der Waals surface area contributed by atoms with Gasteiger partial charge < -0.3 is 10.3 Å². The normalized spacial score (nSPS) is 11.6. The first-order valence-electron chi connectivity index (χ1n) is 10.1. The summed E-state index contributed by atoms with van der Waals surface area (Å²) >= 11 is 0. The molecule has 4 rings (SSSR count). The lowest BCUT2D eigenvalue weighted by atomic mass is 10.0. The van der Waals surface area contributed by atoms with Gasteiger partial charge in [0, 0.05) is 27.4 Å². The van der Waals surface area contributed by atoms with Crippen LogP contribution < -0.4 is 5.73 Å². The molecule has 0 atom stereocenters. The van der Waals surface area contributed by atoms with Crippen molar-refractivity contribution in [3.8, 4) is 0 Å². The summed E-state index contributed by atoms with van der Waals surface area (Å²) in [7, 11) is 0. The van der Waals surface area contributed by atoms with Gasteiger partial charge in [0.1, 0.15) is 0 Å². The molecule has 1 aromatic heterocycles. The quantitative estimate of drug-likeness (QED) is 0.221. The molecule has 0 aliphatic rings. The number of hydrogen-bond acceptors (Lipinski definition) is 1. The number of nitrogens with two attached hydrogens (primary N) is 1. The number of hydrogen-bond donors (Lipinski definition) is 1. The van der Waals surface area contributed by atoms with Crippen LogP contribution in [0.5, 0.6) is 0 Å². The molecule has 0 aliphatic carbocycles. The van der Waals surface area contributed by atoms with E-state index in [0.717, 1.165) is 24.8 Å². The fraction of sp³-hybridized carbons (Fsp3) is 0.208. The third kappa shape index (κ3) is 3.39. The van der Waals surface area contributed by atoms with E-state index >= 15 is 0 Å². The SMILES string of the molecule is CCCCc1ccc2c3c(C(N)=O)cccc3n(Cc3c(F)c(F)c(F)c(F)c3F)c2c1. The zero-order valence-corrected chi connectivity index (χ0v) is 17.1. The number of aryl methyl sites for hydroxylation is 1. The second-order valence-electron chi connectivity index (χ2n) is 7.65. The van der Waals surface area contributed by atoms with Crippen LogP contribution in [0.1, 0.15) is 41.3 Å². The molecule has 2 N–H and O–H groups in total. The Bertz CT molecular complexity index is 1350. The van der Waals surface area contributed by atoms with Crippen molar-refractivity contribution < 1.29 is 26.7 Å². The molecule has 0 saturated heterocycles. The second kappa shape index (κ2) is 8.26. The number of amides is 1. The van der Waals surface area contributed by atoms with E-state index in [1.54, 1.807) is 18.2 Å². The summed E-state index contributed by atoms with van der Waals surface area (Å²) in [5.41, 5.74) is 6.62. The van der Waals surface area contributed by atoms with Crippen molar-refractivity contribution >= 4 is 27.7 Å². The first-order valence-corrected chi connectivity index (χ1v) is 10.1. The fourth-order valence-corrected chi connectivity index (χ4v) is 4.05. The maximum Gasteiger partial charge on any atom is 0.249 e. The fourth-order valence-electron chi connectivity index (χ4n) is 4.05. The molecular formula is C24H19F5N2O. The predicted molar refractivity (Wildman–Crippen MR) is 112 cm³/mol. The van der Waals surface area contributed by atoms with Crippen molar-refractivity contribution in [2.75, 3.05) is 0 Å². The third-order valence-electron chi connectivity index (χ3n) is 5.66. The van der Waals surface area contributed by atoms with E-state index in [1.807, 2.05) is 19.1 Å². The van der Waals surface area contributed by atoms with Crippen LogP contribution in [0.25, 0.3) is 21.8 Å². The Morgan fingerprint density at radius 1 is 0.906 bits per heavy atom. The molecule has 166 valence electrons. The van der Waals surface area contributed by atoms with Crippen LogP contribution in [0.4, 0.5) is 22.0 Å². The number of carbonyl (C=O) groups excluding carboxylic acids is 1. The number of unbranched alkanes of at least 4 members (excludes halogenated alkanes) is 1. The van der Waals surface area contributed by atoms with Crippen molar-refractivity contribution in [2.24, 2.45) is 5.73 Å². The van der Waals surface area contributed by atoms with Crippen molar-refractivity contribution in [3.05, 3.63) is 82.2 Å². The van der Waals surface area contributed by atoms with Gasteiger partial charge in [-0.15, -0.1) is 0 Å². The monoisotopic (exact) mass is 446 g/mol. The third-order valence-corrected chi connectivity index (χ3v) is 5.66. The molecule has 8 heteroatoms. The number of aromatic nitrogens is 1. The van der Waals surface area contributed by atoms with Crippen LogP contribution in [0.3, 0.4) is 0 Å². The Morgan fingerprint density at radius 3 is 2.19 bits per heavy atom. The van der Waals surface area contributed by atoms with Crippen molar-refractivity contribution in [2.45, 2.75) is 32.7 Å². The highest BCUT2D eigenvalue weighted by atomic mass is 19.2. The van der Waals surface area contributed by atoms with Gasteiger partial charge in [0.05, 0.1) is 12.1 Å². The Kier molecular flexibility index (Phi) is 5.62. The maximum atomic E-state index is 14.4. The van der Waals surface area contributed by atoms with Crippen LogP contribution >= 0.6 is 0 Å². The number of primary amides is 1. The predicted octanol–water partition coefficient (Wildman–Crippen LogP) is 5.98. The molecule has 0 bridgehead atoms. The van der Waals surface area contributed by atoms with Gasteiger partial charge in [-0.25, -0.2) is 22.0 Å². The van der Waals surface area contributed by atoms with Crippen LogP contribution in [-0.2, 0) is 13.0 Å². The molecule has 0 saturated carbocycles. The molecule has 32 heavy (non-hydrogen) atoms. The molecular weight excluding hydrogens is 427 g/mol. The number of rotatable bonds is 6. The number of nitrogens with zero attached hydrogens (tertiary/aromatic N) is 1. The molecule has 4 aromatic rings. The molecule has 0 fully saturated rings. The zero-order chi connectivity index (χ0) is 23.2. The maximum absolute atomic E-state index is 14.4. The van der Waals surface area contributed by atoms with E-state index in [-0.39, 0.29) is 5.56 Å². The number of benzene rings is 3. The topological polar surface area (TPSA) is 48.0 Å². The summed E-state index contributed by atoms with van der Waals surface area (Å²) in [6, 6.07) is 10.2. The van der Waals surface area contributed by atoms with Crippen LogP contribution in [0.15, 0.2) is 36.4 Å². The highest BCUT2D eigenvalue weighted by Gasteiger charge is 2.27. The van der Waals surface area contributed by atoms with Gasteiger partial charge in [0.2, 0.25) is 11.7 Å². The van der Waals surface area contributed by atoms with Crippen molar-refractivity contribution in [3.63, 3.8) is 0 Å². The molecule has 3 aromatic carbocycles. The summed E-state index contributed by atoms with van der Waals surface area (Å²) < 4.78 is 71.4. The zero-order valence-electron chi connectivity index (χ0n) is 17.1. The molecule has 0 unspecified atom stereocenters. The lowest BCUT2D eigenvalue weighted by Crippen LogP contribution is -2.12. The average molecular weight is 446 g/mol.